The number of fused-ring (bicyclic) bond motifs is 5. The molecule has 3 fully saturated rings. The van der Waals surface area contributed by atoms with Crippen LogP contribution in [0.3, 0.4) is 0 Å². The van der Waals surface area contributed by atoms with Gasteiger partial charge in [-0.25, -0.2) is 0 Å². The fraction of sp³-hybridized carbons (Fsp3) is 0.750. The van der Waals surface area contributed by atoms with Crippen LogP contribution in [0, 0.1) is 39.9 Å². The smallest absolute Gasteiger partial charge is 0.178 e. The maximum Gasteiger partial charge on any atom is 0.178 e. The van der Waals surface area contributed by atoms with E-state index in [9.17, 15) is 14.7 Å². The highest BCUT2D eigenvalue weighted by atomic mass is 16.3. The van der Waals surface area contributed by atoms with Crippen molar-refractivity contribution in [3.63, 3.8) is 0 Å². The molecule has 27 heavy (non-hydrogen) atoms. The van der Waals surface area contributed by atoms with Crippen molar-refractivity contribution in [3.05, 3.63) is 23.8 Å². The lowest BCUT2D eigenvalue weighted by molar-refractivity contribution is -0.155. The van der Waals surface area contributed by atoms with Crippen LogP contribution in [0.1, 0.15) is 66.7 Å². The summed E-state index contributed by atoms with van der Waals surface area (Å²) < 4.78 is 0. The van der Waals surface area contributed by atoms with E-state index in [4.69, 9.17) is 0 Å². The van der Waals surface area contributed by atoms with E-state index in [0.717, 1.165) is 19.3 Å². The van der Waals surface area contributed by atoms with Crippen molar-refractivity contribution in [3.8, 4) is 0 Å². The van der Waals surface area contributed by atoms with Crippen LogP contribution in [0.25, 0.3) is 0 Å². The van der Waals surface area contributed by atoms with Gasteiger partial charge in [0, 0.05) is 23.2 Å². The molecule has 3 heteroatoms. The molecule has 0 saturated heterocycles. The molecule has 4 rings (SSSR count). The summed E-state index contributed by atoms with van der Waals surface area (Å²) in [6.07, 6.45) is 9.41. The molecule has 0 heterocycles. The number of ketones is 2. The second kappa shape index (κ2) is 5.89. The van der Waals surface area contributed by atoms with E-state index in [0.29, 0.717) is 36.4 Å². The van der Waals surface area contributed by atoms with Crippen LogP contribution in [-0.2, 0) is 9.59 Å². The van der Waals surface area contributed by atoms with E-state index in [2.05, 4.69) is 33.8 Å². The summed E-state index contributed by atoms with van der Waals surface area (Å²) in [5.41, 5.74) is 0.464. The van der Waals surface area contributed by atoms with Crippen LogP contribution in [0.2, 0.25) is 0 Å². The summed E-state index contributed by atoms with van der Waals surface area (Å²) in [5.74, 6) is 1.80. The Morgan fingerprint density at radius 3 is 2.67 bits per heavy atom. The van der Waals surface area contributed by atoms with Crippen molar-refractivity contribution in [1.29, 1.82) is 0 Å². The summed E-state index contributed by atoms with van der Waals surface area (Å²) in [4.78, 5) is 25.0. The monoisotopic (exact) mass is 370 g/mol. The molecule has 4 aliphatic carbocycles. The summed E-state index contributed by atoms with van der Waals surface area (Å²) in [7, 11) is 0. The number of aliphatic hydroxyl groups is 1. The van der Waals surface area contributed by atoms with Crippen LogP contribution < -0.4 is 0 Å². The number of hydrogen-bond acceptors (Lipinski definition) is 3. The minimum atomic E-state index is -0.433. The molecule has 0 aliphatic heterocycles. The molecule has 148 valence electrons. The maximum absolute atomic E-state index is 13.1. The number of allylic oxidation sites excluding steroid dienone is 4. The fourth-order valence-electron chi connectivity index (χ4n) is 7.84. The van der Waals surface area contributed by atoms with Crippen molar-refractivity contribution < 1.29 is 14.7 Å². The minimum Gasteiger partial charge on any atom is -0.393 e. The highest BCUT2D eigenvalue weighted by molar-refractivity contribution is 6.01. The number of Topliss-reactive ketones (excluding diaryl/α,β-unsaturated/α-hetero) is 1. The van der Waals surface area contributed by atoms with E-state index in [1.54, 1.807) is 12.2 Å². The molecule has 8 atom stereocenters. The van der Waals surface area contributed by atoms with Crippen LogP contribution in [0.4, 0.5) is 0 Å². The van der Waals surface area contributed by atoms with Crippen LogP contribution in [0.5, 0.6) is 0 Å². The molecule has 0 aromatic carbocycles. The molecule has 0 amide bonds. The minimum absolute atomic E-state index is 0.0756. The maximum atomic E-state index is 13.1. The lowest BCUT2D eigenvalue weighted by Crippen LogP contribution is -2.58. The average molecular weight is 371 g/mol. The first-order valence-corrected chi connectivity index (χ1v) is 10.7. The van der Waals surface area contributed by atoms with Crippen molar-refractivity contribution >= 4 is 11.6 Å². The van der Waals surface area contributed by atoms with Crippen molar-refractivity contribution in [2.24, 2.45) is 39.9 Å². The standard InChI is InChI=1S/C24H34O3/c1-6-20(27)24(5)14(2)11-18-17-8-7-15-12-16(25)9-10-22(15,3)21(17)19(26)13-23(18,24)4/h9-10,12,14,17-19,21,26H,6-8,11,13H2,1-5H3/t14?,17-,18-,19?,21+,22-,23-,24?/m0/s1. The molecule has 0 aromatic rings. The van der Waals surface area contributed by atoms with Gasteiger partial charge in [0.05, 0.1) is 6.10 Å². The van der Waals surface area contributed by atoms with Crippen molar-refractivity contribution in [1.82, 2.24) is 0 Å². The summed E-state index contributed by atoms with van der Waals surface area (Å²) in [5, 5.41) is 11.4. The van der Waals surface area contributed by atoms with Gasteiger partial charge in [-0.2, -0.15) is 0 Å². The zero-order valence-electron chi connectivity index (χ0n) is 17.4. The van der Waals surface area contributed by atoms with Crippen molar-refractivity contribution in [2.45, 2.75) is 72.8 Å². The van der Waals surface area contributed by atoms with E-state index >= 15 is 0 Å². The van der Waals surface area contributed by atoms with Crippen LogP contribution in [0.15, 0.2) is 23.8 Å². The van der Waals surface area contributed by atoms with E-state index < -0.39 is 6.10 Å². The quantitative estimate of drug-likeness (QED) is 0.779. The first-order chi connectivity index (χ1) is 12.6. The highest BCUT2D eigenvalue weighted by Crippen LogP contribution is 2.71. The normalized spacial score (nSPS) is 51.3. The fourth-order valence-corrected chi connectivity index (χ4v) is 7.84. The summed E-state index contributed by atoms with van der Waals surface area (Å²) >= 11 is 0. The lowest BCUT2D eigenvalue weighted by atomic mass is 9.44. The molecule has 1 N–H and O–H groups in total. The molecular formula is C24H34O3. The predicted octanol–water partition coefficient (Wildman–Crippen LogP) is 4.50. The van der Waals surface area contributed by atoms with Gasteiger partial charge in [0.1, 0.15) is 5.78 Å². The van der Waals surface area contributed by atoms with Crippen molar-refractivity contribution in [2.75, 3.05) is 0 Å². The number of rotatable bonds is 2. The van der Waals surface area contributed by atoms with Gasteiger partial charge >= 0.3 is 0 Å². The van der Waals surface area contributed by atoms with E-state index in [1.165, 1.54) is 5.57 Å². The zero-order chi connectivity index (χ0) is 19.8. The molecule has 0 radical (unpaired) electrons. The molecule has 3 saturated carbocycles. The number of aliphatic hydroxyl groups excluding tert-OH is 1. The van der Waals surface area contributed by atoms with Gasteiger partial charge in [0.15, 0.2) is 5.78 Å². The van der Waals surface area contributed by atoms with E-state index in [-0.39, 0.29) is 27.9 Å². The van der Waals surface area contributed by atoms with Gasteiger partial charge in [0.25, 0.3) is 0 Å². The number of carbonyl (C=O) groups excluding carboxylic acids is 2. The highest BCUT2D eigenvalue weighted by Gasteiger charge is 2.68. The molecule has 4 aliphatic rings. The average Bonchev–Trinajstić information content (AvgIpc) is 2.82. The Labute approximate surface area is 163 Å². The summed E-state index contributed by atoms with van der Waals surface area (Å²) in [6.45, 7) is 10.9. The second-order valence-electron chi connectivity index (χ2n) is 10.3. The third-order valence-corrected chi connectivity index (χ3v) is 9.57. The molecule has 0 bridgehead atoms. The topological polar surface area (TPSA) is 54.4 Å². The van der Waals surface area contributed by atoms with Gasteiger partial charge < -0.3 is 5.11 Å². The SMILES string of the molecule is CCC(=O)C1(C)C(C)C[C@H]2[C@@H]3CCC4=CC(=O)C=C[C@]4(C)[C@H]3C(O)C[C@@]21C. The first-order valence-electron chi connectivity index (χ1n) is 10.7. The van der Waals surface area contributed by atoms with Crippen LogP contribution >= 0.6 is 0 Å². The second-order valence-corrected chi connectivity index (χ2v) is 10.3. The van der Waals surface area contributed by atoms with Gasteiger partial charge in [-0.05, 0) is 61.0 Å². The Balaban J connectivity index is 1.78. The Bertz CT molecular complexity index is 749. The molecule has 3 unspecified atom stereocenters. The first kappa shape index (κ1) is 19.1. The number of hydrogen-bond donors (Lipinski definition) is 1. The lowest BCUT2D eigenvalue weighted by Gasteiger charge is -2.60. The molecule has 0 aromatic heterocycles. The Kier molecular flexibility index (Phi) is 4.17. The third kappa shape index (κ3) is 2.24. The Hall–Kier alpha value is -1.22. The van der Waals surface area contributed by atoms with Crippen LogP contribution in [-0.4, -0.2) is 22.8 Å². The third-order valence-electron chi connectivity index (χ3n) is 9.57. The van der Waals surface area contributed by atoms with Gasteiger partial charge in [0.2, 0.25) is 0 Å². The van der Waals surface area contributed by atoms with Gasteiger partial charge in [-0.1, -0.05) is 46.3 Å². The largest absolute Gasteiger partial charge is 0.393 e. The van der Waals surface area contributed by atoms with Gasteiger partial charge in [-0.15, -0.1) is 0 Å². The Morgan fingerprint density at radius 1 is 1.30 bits per heavy atom. The van der Waals surface area contributed by atoms with E-state index in [1.807, 2.05) is 6.92 Å². The zero-order valence-corrected chi connectivity index (χ0v) is 17.4. The number of carbonyl (C=O) groups is 2. The van der Waals surface area contributed by atoms with Gasteiger partial charge in [-0.3, -0.25) is 9.59 Å². The molecular weight excluding hydrogens is 336 g/mol. The Morgan fingerprint density at radius 2 is 2.00 bits per heavy atom. The predicted molar refractivity (Wildman–Crippen MR) is 106 cm³/mol. The molecule has 3 nitrogen and oxygen atoms in total. The molecule has 0 spiro atoms. The summed E-state index contributed by atoms with van der Waals surface area (Å²) in [6, 6.07) is 0.